The second-order valence-corrected chi connectivity index (χ2v) is 14.6. The Morgan fingerprint density at radius 3 is 1.23 bits per heavy atom. The van der Waals surface area contributed by atoms with Gasteiger partial charge in [0.25, 0.3) is 11.8 Å². The van der Waals surface area contributed by atoms with Gasteiger partial charge in [0.1, 0.15) is 23.6 Å². The molecular weight excluding hydrogens is 656 g/mol. The molecule has 0 unspecified atom stereocenters. The molecule has 284 valence electrons. The van der Waals surface area contributed by atoms with Crippen molar-refractivity contribution in [2.45, 2.75) is 117 Å². The SMILES string of the molecule is CC(C)[C@H]1C/C=C/C[C@@H](C)Oc2ccccc2C(=O)N(C)[C@@H](C)C(=O)N1.CC(C)[C@H]1C/C=C\C[C@@H](C)Oc2ccccc2C(=O)N(C)[C@@H](C)C(=O)N1. The van der Waals surface area contributed by atoms with Gasteiger partial charge in [-0.15, -0.1) is 0 Å². The van der Waals surface area contributed by atoms with Crippen molar-refractivity contribution in [1.82, 2.24) is 20.4 Å². The highest BCUT2D eigenvalue weighted by Crippen LogP contribution is 2.25. The molecule has 2 aromatic rings. The average Bonchev–Trinajstić information content (AvgIpc) is 3.11. The Kier molecular flexibility index (Phi) is 16.0. The van der Waals surface area contributed by atoms with E-state index in [1.807, 2.05) is 26.0 Å². The molecule has 52 heavy (non-hydrogen) atoms. The number of ether oxygens (including phenoxy) is 2. The number of para-hydroxylation sites is 2. The molecule has 0 aromatic heterocycles. The number of hydrogen-bond donors (Lipinski definition) is 2. The molecule has 2 aromatic carbocycles. The first-order valence-corrected chi connectivity index (χ1v) is 18.6. The van der Waals surface area contributed by atoms with Crippen molar-refractivity contribution in [1.29, 1.82) is 0 Å². The first kappa shape index (κ1) is 41.8. The highest BCUT2D eigenvalue weighted by molar-refractivity contribution is 6.00. The van der Waals surface area contributed by atoms with Crippen LogP contribution in [0.3, 0.4) is 0 Å². The van der Waals surface area contributed by atoms with E-state index in [9.17, 15) is 19.2 Å². The van der Waals surface area contributed by atoms with Crippen LogP contribution in [0, 0.1) is 11.8 Å². The zero-order valence-corrected chi connectivity index (χ0v) is 32.7. The quantitative estimate of drug-likeness (QED) is 0.330. The fourth-order valence-electron chi connectivity index (χ4n) is 5.77. The standard InChI is InChI=1S/2C21H30N2O3/c2*1-14(2)18-12-8-6-10-15(3)26-19-13-9-7-11-17(19)21(25)23(5)16(4)20(24)22-18/h2*6-9,11,13-16,18H,10,12H2,1-5H3,(H,22,24)/b8-6+;8-6-/t2*15-,16+,18-/m11/s1. The molecule has 0 saturated heterocycles. The second kappa shape index (κ2) is 19.9. The summed E-state index contributed by atoms with van der Waals surface area (Å²) < 4.78 is 12.0. The molecule has 4 rings (SSSR count). The maximum atomic E-state index is 12.9. The van der Waals surface area contributed by atoms with Gasteiger partial charge in [-0.2, -0.15) is 0 Å². The number of amides is 4. The lowest BCUT2D eigenvalue weighted by atomic mass is 9.99. The van der Waals surface area contributed by atoms with Crippen LogP contribution < -0.4 is 20.1 Å². The fourth-order valence-corrected chi connectivity index (χ4v) is 5.77. The molecule has 4 amide bonds. The Hall–Kier alpha value is -4.60. The van der Waals surface area contributed by atoms with Crippen LogP contribution in [0.1, 0.15) is 102 Å². The molecule has 2 N–H and O–H groups in total. The van der Waals surface area contributed by atoms with E-state index < -0.39 is 12.1 Å². The van der Waals surface area contributed by atoms with E-state index in [0.717, 1.165) is 25.7 Å². The topological polar surface area (TPSA) is 117 Å². The van der Waals surface area contributed by atoms with Gasteiger partial charge in [-0.1, -0.05) is 76.3 Å². The summed E-state index contributed by atoms with van der Waals surface area (Å²) in [5, 5.41) is 6.18. The summed E-state index contributed by atoms with van der Waals surface area (Å²) in [4.78, 5) is 54.1. The normalized spacial score (nSPS) is 26.5. The van der Waals surface area contributed by atoms with E-state index in [2.05, 4.69) is 62.6 Å². The van der Waals surface area contributed by atoms with Gasteiger partial charge < -0.3 is 29.9 Å². The number of benzene rings is 2. The van der Waals surface area contributed by atoms with Gasteiger partial charge in [-0.25, -0.2) is 0 Å². The van der Waals surface area contributed by atoms with Crippen molar-refractivity contribution >= 4 is 23.6 Å². The Balaban J connectivity index is 0.000000280. The Morgan fingerprint density at radius 1 is 0.558 bits per heavy atom. The van der Waals surface area contributed by atoms with Gasteiger partial charge in [0, 0.05) is 39.0 Å². The van der Waals surface area contributed by atoms with Crippen LogP contribution in [-0.2, 0) is 9.59 Å². The minimum absolute atomic E-state index is 0.0381. The predicted molar refractivity (Wildman–Crippen MR) is 206 cm³/mol. The summed E-state index contributed by atoms with van der Waals surface area (Å²) in [6, 6.07) is 13.3. The van der Waals surface area contributed by atoms with Gasteiger partial charge in [0.2, 0.25) is 11.8 Å². The third kappa shape index (κ3) is 11.7. The summed E-state index contributed by atoms with van der Waals surface area (Å²) in [6.45, 7) is 15.8. The molecule has 2 heterocycles. The van der Waals surface area contributed by atoms with Crippen molar-refractivity contribution in [2.75, 3.05) is 14.1 Å². The lowest BCUT2D eigenvalue weighted by molar-refractivity contribution is -0.126. The number of rotatable bonds is 2. The molecule has 0 radical (unpaired) electrons. The number of hydrogen-bond acceptors (Lipinski definition) is 6. The van der Waals surface area contributed by atoms with Crippen LogP contribution >= 0.6 is 0 Å². The average molecular weight is 717 g/mol. The molecule has 0 fully saturated rings. The van der Waals surface area contributed by atoms with Gasteiger partial charge in [-0.05, 0) is 76.6 Å². The summed E-state index contributed by atoms with van der Waals surface area (Å²) >= 11 is 0. The molecule has 0 aliphatic carbocycles. The number of carbonyl (C=O) groups is 4. The monoisotopic (exact) mass is 716 g/mol. The summed E-state index contributed by atoms with van der Waals surface area (Å²) in [5.41, 5.74) is 0.950. The molecule has 2 aliphatic heterocycles. The van der Waals surface area contributed by atoms with E-state index in [-0.39, 0.29) is 47.9 Å². The van der Waals surface area contributed by atoms with Crippen LogP contribution in [0.25, 0.3) is 0 Å². The van der Waals surface area contributed by atoms with Gasteiger partial charge in [0.15, 0.2) is 0 Å². The highest BCUT2D eigenvalue weighted by Gasteiger charge is 2.29. The minimum Gasteiger partial charge on any atom is -0.490 e. The van der Waals surface area contributed by atoms with Crippen molar-refractivity contribution in [3.63, 3.8) is 0 Å². The molecule has 10 nitrogen and oxygen atoms in total. The number of likely N-dealkylation sites (N-methyl/N-ethyl adjacent to an activating group) is 2. The summed E-state index contributed by atoms with van der Waals surface area (Å²) in [6.07, 6.45) is 11.3. The van der Waals surface area contributed by atoms with Crippen molar-refractivity contribution < 1.29 is 28.7 Å². The van der Waals surface area contributed by atoms with Crippen molar-refractivity contribution in [2.24, 2.45) is 11.8 Å². The second-order valence-electron chi connectivity index (χ2n) is 14.6. The molecule has 10 heteroatoms. The zero-order valence-electron chi connectivity index (χ0n) is 32.7. The van der Waals surface area contributed by atoms with E-state index in [0.29, 0.717) is 34.5 Å². The van der Waals surface area contributed by atoms with Crippen molar-refractivity contribution in [3.05, 3.63) is 84.0 Å². The third-order valence-electron chi connectivity index (χ3n) is 9.77. The maximum Gasteiger partial charge on any atom is 0.258 e. The molecule has 0 saturated carbocycles. The van der Waals surface area contributed by atoms with Crippen LogP contribution in [0.5, 0.6) is 11.5 Å². The smallest absolute Gasteiger partial charge is 0.258 e. The molecular formula is C42H60N4O6. The molecule has 0 spiro atoms. The van der Waals surface area contributed by atoms with Gasteiger partial charge >= 0.3 is 0 Å². The number of nitrogens with one attached hydrogen (secondary N) is 2. The molecule has 0 bridgehead atoms. The lowest BCUT2D eigenvalue weighted by Crippen LogP contribution is -2.50. The molecule has 6 atom stereocenters. The molecule has 2 aliphatic rings. The predicted octanol–water partition coefficient (Wildman–Crippen LogP) is 6.81. The number of nitrogens with zero attached hydrogens (tertiary/aromatic N) is 2. The fraction of sp³-hybridized carbons (Fsp3) is 0.524. The van der Waals surface area contributed by atoms with E-state index in [1.54, 1.807) is 64.3 Å². The maximum absolute atomic E-state index is 12.9. The minimum atomic E-state index is -0.568. The van der Waals surface area contributed by atoms with Crippen molar-refractivity contribution in [3.8, 4) is 11.5 Å². The largest absolute Gasteiger partial charge is 0.490 e. The van der Waals surface area contributed by atoms with E-state index in [1.165, 1.54) is 9.80 Å². The summed E-state index contributed by atoms with van der Waals surface area (Å²) in [5.74, 6) is 0.991. The first-order chi connectivity index (χ1) is 24.6. The van der Waals surface area contributed by atoms with Crippen LogP contribution in [-0.4, -0.2) is 83.9 Å². The lowest BCUT2D eigenvalue weighted by Gasteiger charge is -2.29. The Morgan fingerprint density at radius 2 is 0.885 bits per heavy atom. The zero-order chi connectivity index (χ0) is 38.5. The first-order valence-electron chi connectivity index (χ1n) is 18.6. The Labute approximate surface area is 311 Å². The van der Waals surface area contributed by atoms with Crippen LogP contribution in [0.15, 0.2) is 72.8 Å². The van der Waals surface area contributed by atoms with Crippen LogP contribution in [0.4, 0.5) is 0 Å². The summed E-state index contributed by atoms with van der Waals surface area (Å²) in [7, 11) is 3.31. The highest BCUT2D eigenvalue weighted by atomic mass is 16.5. The van der Waals surface area contributed by atoms with Gasteiger partial charge in [-0.3, -0.25) is 19.2 Å². The van der Waals surface area contributed by atoms with E-state index in [4.69, 9.17) is 9.47 Å². The number of carbonyl (C=O) groups excluding carboxylic acids is 4. The van der Waals surface area contributed by atoms with Gasteiger partial charge in [0.05, 0.1) is 23.3 Å². The van der Waals surface area contributed by atoms with Crippen LogP contribution in [0.2, 0.25) is 0 Å². The Bertz CT molecular complexity index is 1450. The third-order valence-corrected chi connectivity index (χ3v) is 9.77. The number of fused-ring (bicyclic) bond motifs is 2. The van der Waals surface area contributed by atoms with E-state index >= 15 is 0 Å².